The Morgan fingerprint density at radius 2 is 2.24 bits per heavy atom. The van der Waals surface area contributed by atoms with E-state index in [4.69, 9.17) is 14.2 Å². The van der Waals surface area contributed by atoms with Crippen LogP contribution in [0.2, 0.25) is 0 Å². The number of rotatable bonds is 8. The maximum Gasteiger partial charge on any atom is 0.312 e. The van der Waals surface area contributed by atoms with Crippen molar-refractivity contribution in [2.75, 3.05) is 33.5 Å². The number of ether oxygens (including phenoxy) is 3. The minimum atomic E-state index is -0.775. The molecule has 0 aromatic rings. The second kappa shape index (κ2) is 6.93. The van der Waals surface area contributed by atoms with Gasteiger partial charge in [-0.25, -0.2) is 0 Å². The molecule has 100 valence electrons. The van der Waals surface area contributed by atoms with Gasteiger partial charge in [0.1, 0.15) is 0 Å². The molecule has 0 bridgehead atoms. The molecule has 17 heavy (non-hydrogen) atoms. The fraction of sp³-hybridized carbons (Fsp3) is 0.917. The summed E-state index contributed by atoms with van der Waals surface area (Å²) in [5.74, 6) is -0.775. The zero-order chi connectivity index (χ0) is 12.7. The molecule has 2 atom stereocenters. The van der Waals surface area contributed by atoms with Gasteiger partial charge in [0.05, 0.1) is 11.5 Å². The van der Waals surface area contributed by atoms with Crippen molar-refractivity contribution in [2.45, 2.75) is 32.3 Å². The van der Waals surface area contributed by atoms with Crippen molar-refractivity contribution in [3.63, 3.8) is 0 Å². The van der Waals surface area contributed by atoms with E-state index in [2.05, 4.69) is 0 Å². The Morgan fingerprint density at radius 3 is 2.76 bits per heavy atom. The highest BCUT2D eigenvalue weighted by molar-refractivity contribution is 5.75. The van der Waals surface area contributed by atoms with Gasteiger partial charge in [0.15, 0.2) is 0 Å². The van der Waals surface area contributed by atoms with Crippen molar-refractivity contribution >= 4 is 5.97 Å². The minimum Gasteiger partial charge on any atom is -0.481 e. The summed E-state index contributed by atoms with van der Waals surface area (Å²) in [5.41, 5.74) is -0.763. The van der Waals surface area contributed by atoms with Gasteiger partial charge in [0.25, 0.3) is 0 Å². The van der Waals surface area contributed by atoms with Crippen molar-refractivity contribution < 1.29 is 24.1 Å². The van der Waals surface area contributed by atoms with Crippen molar-refractivity contribution in [2.24, 2.45) is 5.41 Å². The SMILES string of the molecule is COCCCOCCC1(C(=O)O)CCOC1C. The summed E-state index contributed by atoms with van der Waals surface area (Å²) in [5, 5.41) is 9.32. The molecule has 0 amide bonds. The average molecular weight is 246 g/mol. The van der Waals surface area contributed by atoms with Crippen molar-refractivity contribution in [1.82, 2.24) is 0 Å². The number of hydrogen-bond donors (Lipinski definition) is 1. The quantitative estimate of drug-likeness (QED) is 0.654. The summed E-state index contributed by atoms with van der Waals surface area (Å²) in [6.45, 7) is 4.09. The molecular weight excluding hydrogens is 224 g/mol. The third kappa shape index (κ3) is 3.66. The number of methoxy groups -OCH3 is 1. The van der Waals surface area contributed by atoms with E-state index in [-0.39, 0.29) is 6.10 Å². The number of carboxylic acids is 1. The largest absolute Gasteiger partial charge is 0.481 e. The molecule has 0 saturated carbocycles. The number of carboxylic acid groups (broad SMARTS) is 1. The summed E-state index contributed by atoms with van der Waals surface area (Å²) in [6.07, 6.45) is 1.69. The van der Waals surface area contributed by atoms with Gasteiger partial charge in [-0.05, 0) is 26.2 Å². The Morgan fingerprint density at radius 1 is 1.47 bits per heavy atom. The fourth-order valence-corrected chi connectivity index (χ4v) is 2.16. The van der Waals surface area contributed by atoms with Crippen LogP contribution in [0.1, 0.15) is 26.2 Å². The number of carbonyl (C=O) groups is 1. The average Bonchev–Trinajstić information content (AvgIpc) is 2.66. The summed E-state index contributed by atoms with van der Waals surface area (Å²) in [4.78, 5) is 11.3. The van der Waals surface area contributed by atoms with E-state index in [1.807, 2.05) is 6.92 Å². The van der Waals surface area contributed by atoms with Crippen LogP contribution in [0.3, 0.4) is 0 Å². The van der Waals surface area contributed by atoms with Crippen LogP contribution in [0.25, 0.3) is 0 Å². The highest BCUT2D eigenvalue weighted by atomic mass is 16.5. The van der Waals surface area contributed by atoms with E-state index in [1.54, 1.807) is 7.11 Å². The van der Waals surface area contributed by atoms with Gasteiger partial charge in [0, 0.05) is 33.5 Å². The molecule has 0 radical (unpaired) electrons. The van der Waals surface area contributed by atoms with Crippen LogP contribution in [-0.2, 0) is 19.0 Å². The molecular formula is C12H22O5. The lowest BCUT2D eigenvalue weighted by atomic mass is 9.79. The Hall–Kier alpha value is -0.650. The van der Waals surface area contributed by atoms with Crippen LogP contribution < -0.4 is 0 Å². The lowest BCUT2D eigenvalue weighted by molar-refractivity contribution is -0.153. The van der Waals surface area contributed by atoms with Crippen LogP contribution >= 0.6 is 0 Å². The molecule has 1 saturated heterocycles. The monoisotopic (exact) mass is 246 g/mol. The molecule has 1 aliphatic rings. The molecule has 1 rings (SSSR count). The molecule has 5 heteroatoms. The first-order valence-corrected chi connectivity index (χ1v) is 6.05. The van der Waals surface area contributed by atoms with Crippen LogP contribution in [0.4, 0.5) is 0 Å². The van der Waals surface area contributed by atoms with Gasteiger partial charge >= 0.3 is 5.97 Å². The van der Waals surface area contributed by atoms with E-state index in [9.17, 15) is 9.90 Å². The Kier molecular flexibility index (Phi) is 5.88. The molecule has 0 aromatic heterocycles. The van der Waals surface area contributed by atoms with Crippen molar-refractivity contribution in [3.8, 4) is 0 Å². The second-order valence-electron chi connectivity index (χ2n) is 4.43. The molecule has 0 aromatic carbocycles. The van der Waals surface area contributed by atoms with Crippen LogP contribution in [-0.4, -0.2) is 50.7 Å². The van der Waals surface area contributed by atoms with E-state index in [0.29, 0.717) is 39.3 Å². The standard InChI is InChI=1S/C12H22O5/c1-10-12(11(13)14,5-9-17-10)4-8-16-7-3-6-15-2/h10H,3-9H2,1-2H3,(H,13,14). The molecule has 1 aliphatic heterocycles. The third-order valence-corrected chi connectivity index (χ3v) is 3.45. The third-order valence-electron chi connectivity index (χ3n) is 3.45. The zero-order valence-electron chi connectivity index (χ0n) is 10.6. The molecule has 1 heterocycles. The van der Waals surface area contributed by atoms with E-state index in [1.165, 1.54) is 0 Å². The molecule has 1 fully saturated rings. The zero-order valence-corrected chi connectivity index (χ0v) is 10.6. The maximum atomic E-state index is 11.3. The highest BCUT2D eigenvalue weighted by Crippen LogP contribution is 2.38. The Labute approximate surface area is 102 Å². The molecule has 5 nitrogen and oxygen atoms in total. The maximum absolute atomic E-state index is 11.3. The lowest BCUT2D eigenvalue weighted by Crippen LogP contribution is -2.38. The van der Waals surface area contributed by atoms with Crippen LogP contribution in [0.5, 0.6) is 0 Å². The Balaban J connectivity index is 2.29. The molecule has 0 aliphatic carbocycles. The van der Waals surface area contributed by atoms with Gasteiger partial charge in [-0.15, -0.1) is 0 Å². The van der Waals surface area contributed by atoms with E-state index < -0.39 is 11.4 Å². The highest BCUT2D eigenvalue weighted by Gasteiger charge is 2.47. The fourth-order valence-electron chi connectivity index (χ4n) is 2.16. The number of hydrogen-bond acceptors (Lipinski definition) is 4. The first-order chi connectivity index (χ1) is 8.13. The van der Waals surface area contributed by atoms with Crippen molar-refractivity contribution in [3.05, 3.63) is 0 Å². The summed E-state index contributed by atoms with van der Waals surface area (Å²) >= 11 is 0. The predicted molar refractivity (Wildman–Crippen MR) is 62.0 cm³/mol. The number of aliphatic carboxylic acids is 1. The summed E-state index contributed by atoms with van der Waals surface area (Å²) in [6, 6.07) is 0. The van der Waals surface area contributed by atoms with Gasteiger partial charge in [0.2, 0.25) is 0 Å². The molecule has 0 spiro atoms. The summed E-state index contributed by atoms with van der Waals surface area (Å²) in [7, 11) is 1.65. The normalized spacial score (nSPS) is 28.5. The van der Waals surface area contributed by atoms with Gasteiger partial charge < -0.3 is 19.3 Å². The van der Waals surface area contributed by atoms with Gasteiger partial charge in [-0.3, -0.25) is 4.79 Å². The summed E-state index contributed by atoms with van der Waals surface area (Å²) < 4.78 is 15.7. The van der Waals surface area contributed by atoms with Crippen LogP contribution in [0, 0.1) is 5.41 Å². The van der Waals surface area contributed by atoms with Gasteiger partial charge in [-0.2, -0.15) is 0 Å². The smallest absolute Gasteiger partial charge is 0.312 e. The first kappa shape index (κ1) is 14.4. The minimum absolute atomic E-state index is 0.234. The second-order valence-corrected chi connectivity index (χ2v) is 4.43. The molecule has 2 unspecified atom stereocenters. The topological polar surface area (TPSA) is 65.0 Å². The first-order valence-electron chi connectivity index (χ1n) is 6.05. The molecule has 1 N–H and O–H groups in total. The Bertz CT molecular complexity index is 243. The van der Waals surface area contributed by atoms with Crippen molar-refractivity contribution in [1.29, 1.82) is 0 Å². The predicted octanol–water partition coefficient (Wildman–Crippen LogP) is 1.31. The van der Waals surface area contributed by atoms with Crippen LogP contribution in [0.15, 0.2) is 0 Å². The lowest BCUT2D eigenvalue weighted by Gasteiger charge is -2.27. The van der Waals surface area contributed by atoms with Gasteiger partial charge in [-0.1, -0.05) is 0 Å². The van der Waals surface area contributed by atoms with E-state index >= 15 is 0 Å². The van der Waals surface area contributed by atoms with E-state index in [0.717, 1.165) is 6.42 Å².